The van der Waals surface area contributed by atoms with Crippen molar-refractivity contribution >= 4 is 23.5 Å². The van der Waals surface area contributed by atoms with Gasteiger partial charge >= 0.3 is 6.03 Å². The standard InChI is InChI=1S/C17H17N5O4/c1-9-3-10(6-19-12(9)5-18)22-16(24)15-13-4-11(21(15)17(22)25)7-20(13)14(23)8-26-2/h3,6,11,13,15H,4,7-8H2,1-2H3/t11-,13?,15+/m1/s1. The van der Waals surface area contributed by atoms with Gasteiger partial charge in [0, 0.05) is 13.7 Å². The Hall–Kier alpha value is -2.99. The van der Waals surface area contributed by atoms with Crippen molar-refractivity contribution in [2.24, 2.45) is 0 Å². The zero-order valence-electron chi connectivity index (χ0n) is 14.4. The molecule has 1 aromatic rings. The average molecular weight is 355 g/mol. The van der Waals surface area contributed by atoms with Crippen LogP contribution < -0.4 is 4.90 Å². The van der Waals surface area contributed by atoms with Gasteiger partial charge < -0.3 is 14.5 Å². The predicted molar refractivity (Wildman–Crippen MR) is 88.0 cm³/mol. The third-order valence-corrected chi connectivity index (χ3v) is 5.28. The molecule has 0 aromatic carbocycles. The molecule has 3 atom stereocenters. The van der Waals surface area contributed by atoms with Gasteiger partial charge in [0.1, 0.15) is 24.4 Å². The first-order valence-corrected chi connectivity index (χ1v) is 8.29. The van der Waals surface area contributed by atoms with Crippen LogP contribution in [0.3, 0.4) is 0 Å². The first-order valence-electron chi connectivity index (χ1n) is 8.29. The molecule has 9 heteroatoms. The van der Waals surface area contributed by atoms with Crippen LogP contribution >= 0.6 is 0 Å². The van der Waals surface area contributed by atoms with Crippen LogP contribution in [0.4, 0.5) is 10.5 Å². The molecule has 1 unspecified atom stereocenters. The molecule has 0 radical (unpaired) electrons. The van der Waals surface area contributed by atoms with Crippen molar-refractivity contribution in [2.45, 2.75) is 31.5 Å². The summed E-state index contributed by atoms with van der Waals surface area (Å²) in [4.78, 5) is 46.4. The Kier molecular flexibility index (Phi) is 3.66. The van der Waals surface area contributed by atoms with E-state index in [1.54, 1.807) is 22.8 Å². The minimum atomic E-state index is -0.669. The van der Waals surface area contributed by atoms with Crippen molar-refractivity contribution in [3.8, 4) is 6.07 Å². The van der Waals surface area contributed by atoms with E-state index in [1.165, 1.54) is 13.3 Å². The number of methoxy groups -OCH3 is 1. The lowest BCUT2D eigenvalue weighted by Crippen LogP contribution is -2.55. The zero-order chi connectivity index (χ0) is 18.6. The maximum atomic E-state index is 13.0. The van der Waals surface area contributed by atoms with Crippen molar-refractivity contribution in [1.82, 2.24) is 14.8 Å². The third kappa shape index (κ3) is 2.12. The molecular weight excluding hydrogens is 338 g/mol. The van der Waals surface area contributed by atoms with Gasteiger partial charge in [-0.3, -0.25) is 9.59 Å². The minimum Gasteiger partial charge on any atom is -0.375 e. The van der Waals surface area contributed by atoms with Crippen LogP contribution in [0.25, 0.3) is 0 Å². The molecule has 0 N–H and O–H groups in total. The van der Waals surface area contributed by atoms with Gasteiger partial charge in [-0.1, -0.05) is 0 Å². The number of nitriles is 1. The summed E-state index contributed by atoms with van der Waals surface area (Å²) < 4.78 is 4.91. The molecule has 3 fully saturated rings. The molecule has 0 saturated carbocycles. The van der Waals surface area contributed by atoms with Crippen molar-refractivity contribution in [2.75, 3.05) is 25.2 Å². The number of amides is 4. The van der Waals surface area contributed by atoms with E-state index >= 15 is 0 Å². The number of carbonyl (C=O) groups excluding carboxylic acids is 3. The summed E-state index contributed by atoms with van der Waals surface area (Å²) in [5, 5.41) is 9.00. The van der Waals surface area contributed by atoms with Crippen LogP contribution in [-0.2, 0) is 14.3 Å². The lowest BCUT2D eigenvalue weighted by Gasteiger charge is -2.34. The number of pyridine rings is 1. The van der Waals surface area contributed by atoms with E-state index in [2.05, 4.69) is 4.98 Å². The van der Waals surface area contributed by atoms with Gasteiger partial charge in [0.05, 0.1) is 24.0 Å². The number of anilines is 1. The second kappa shape index (κ2) is 5.78. The van der Waals surface area contributed by atoms with Gasteiger partial charge in [-0.2, -0.15) is 5.26 Å². The topological polar surface area (TPSA) is 107 Å². The molecule has 3 aliphatic heterocycles. The second-order valence-corrected chi connectivity index (χ2v) is 6.72. The molecule has 4 amide bonds. The number of carbonyl (C=O) groups is 3. The first kappa shape index (κ1) is 16.5. The number of ether oxygens (including phenoxy) is 1. The largest absolute Gasteiger partial charge is 0.375 e. The zero-order valence-corrected chi connectivity index (χ0v) is 14.4. The molecular formula is C17H17N5O4. The first-order chi connectivity index (χ1) is 12.5. The number of nitrogens with zero attached hydrogens (tertiary/aromatic N) is 5. The molecule has 4 rings (SSSR count). The number of likely N-dealkylation sites (tertiary alicyclic amines) is 1. The fourth-order valence-electron chi connectivity index (χ4n) is 4.19. The molecule has 0 aliphatic carbocycles. The summed E-state index contributed by atoms with van der Waals surface area (Å²) in [6, 6.07) is 2.02. The highest BCUT2D eigenvalue weighted by Gasteiger charge is 2.62. The number of urea groups is 1. The molecule has 3 aliphatic rings. The van der Waals surface area contributed by atoms with Gasteiger partial charge in [0.25, 0.3) is 5.91 Å². The van der Waals surface area contributed by atoms with Crippen LogP contribution in [0.1, 0.15) is 17.7 Å². The Morgan fingerprint density at radius 1 is 1.46 bits per heavy atom. The summed E-state index contributed by atoms with van der Waals surface area (Å²) >= 11 is 0. The number of rotatable bonds is 3. The van der Waals surface area contributed by atoms with E-state index in [0.717, 1.165) is 4.90 Å². The fourth-order valence-corrected chi connectivity index (χ4v) is 4.19. The Morgan fingerprint density at radius 3 is 2.88 bits per heavy atom. The molecule has 134 valence electrons. The van der Waals surface area contributed by atoms with E-state index < -0.39 is 12.1 Å². The van der Waals surface area contributed by atoms with Crippen LogP contribution in [0.15, 0.2) is 12.3 Å². The number of aromatic nitrogens is 1. The van der Waals surface area contributed by atoms with E-state index in [-0.39, 0.29) is 36.2 Å². The van der Waals surface area contributed by atoms with Gasteiger partial charge in [-0.25, -0.2) is 14.7 Å². The van der Waals surface area contributed by atoms with E-state index in [0.29, 0.717) is 24.2 Å². The highest BCUT2D eigenvalue weighted by molar-refractivity contribution is 6.22. The van der Waals surface area contributed by atoms with Crippen molar-refractivity contribution < 1.29 is 19.1 Å². The number of imide groups is 1. The summed E-state index contributed by atoms with van der Waals surface area (Å²) in [5.41, 5.74) is 1.20. The van der Waals surface area contributed by atoms with E-state index in [9.17, 15) is 14.4 Å². The monoisotopic (exact) mass is 355 g/mol. The molecule has 1 aromatic heterocycles. The Labute approximate surface area is 149 Å². The van der Waals surface area contributed by atoms with Crippen LogP contribution in [0.2, 0.25) is 0 Å². The highest BCUT2D eigenvalue weighted by Crippen LogP contribution is 2.42. The van der Waals surface area contributed by atoms with E-state index in [4.69, 9.17) is 10.00 Å². The fraction of sp³-hybridized carbons (Fsp3) is 0.471. The molecule has 0 spiro atoms. The maximum Gasteiger partial charge on any atom is 0.332 e. The molecule has 3 saturated heterocycles. The van der Waals surface area contributed by atoms with Crippen LogP contribution in [0.5, 0.6) is 0 Å². The number of hydrogen-bond donors (Lipinski definition) is 0. The quantitative estimate of drug-likeness (QED) is 0.708. The Bertz CT molecular complexity index is 863. The molecule has 26 heavy (non-hydrogen) atoms. The number of hydrogen-bond acceptors (Lipinski definition) is 6. The van der Waals surface area contributed by atoms with Gasteiger partial charge in [-0.05, 0) is 25.0 Å². The Morgan fingerprint density at radius 2 is 2.23 bits per heavy atom. The van der Waals surface area contributed by atoms with Crippen molar-refractivity contribution in [3.63, 3.8) is 0 Å². The summed E-state index contributed by atoms with van der Waals surface area (Å²) in [6.45, 7) is 2.08. The molecule has 4 heterocycles. The lowest BCUT2D eigenvalue weighted by atomic mass is 10.1. The minimum absolute atomic E-state index is 0.0411. The number of fused-ring (bicyclic) bond motifs is 5. The van der Waals surface area contributed by atoms with E-state index in [1.807, 2.05) is 6.07 Å². The van der Waals surface area contributed by atoms with Gasteiger partial charge in [-0.15, -0.1) is 0 Å². The molecule has 2 bridgehead atoms. The smallest absolute Gasteiger partial charge is 0.332 e. The highest BCUT2D eigenvalue weighted by atomic mass is 16.5. The SMILES string of the molecule is COCC(=O)N1C[C@H]2CC1[C@H]1C(=O)N(c3cnc(C#N)c(C)c3)C(=O)N21. The Balaban J connectivity index is 1.64. The van der Waals surface area contributed by atoms with Crippen LogP contribution in [0, 0.1) is 18.3 Å². The van der Waals surface area contributed by atoms with Gasteiger partial charge in [0.15, 0.2) is 0 Å². The van der Waals surface area contributed by atoms with Crippen molar-refractivity contribution in [3.05, 3.63) is 23.5 Å². The average Bonchev–Trinajstić information content (AvgIpc) is 3.27. The summed E-state index contributed by atoms with van der Waals surface area (Å²) in [7, 11) is 1.45. The second-order valence-electron chi connectivity index (χ2n) is 6.72. The number of aryl methyl sites for hydroxylation is 1. The maximum absolute atomic E-state index is 13.0. The van der Waals surface area contributed by atoms with Crippen molar-refractivity contribution in [1.29, 1.82) is 5.26 Å². The van der Waals surface area contributed by atoms with Crippen LogP contribution in [-0.4, -0.2) is 71.0 Å². The predicted octanol–water partition coefficient (Wildman–Crippen LogP) is 0.0284. The summed E-state index contributed by atoms with van der Waals surface area (Å²) in [5.74, 6) is -0.530. The number of piperazine rings is 1. The molecule has 9 nitrogen and oxygen atoms in total. The third-order valence-electron chi connectivity index (χ3n) is 5.28. The lowest BCUT2D eigenvalue weighted by molar-refractivity contribution is -0.139. The summed E-state index contributed by atoms with van der Waals surface area (Å²) in [6.07, 6.45) is 1.97. The normalized spacial score (nSPS) is 26.5. The van der Waals surface area contributed by atoms with Gasteiger partial charge in [0.2, 0.25) is 5.91 Å².